The topological polar surface area (TPSA) is 33.7 Å². The Labute approximate surface area is 98.3 Å². The molecule has 4 nitrogen and oxygen atoms in total. The third kappa shape index (κ3) is 3.70. The summed E-state index contributed by atoms with van der Waals surface area (Å²) >= 11 is 0. The minimum atomic E-state index is 0.274. The van der Waals surface area contributed by atoms with Crippen LogP contribution in [0.3, 0.4) is 0 Å². The summed E-state index contributed by atoms with van der Waals surface area (Å²) in [6, 6.07) is 0. The summed E-state index contributed by atoms with van der Waals surface area (Å²) in [5.41, 5.74) is 0. The van der Waals surface area contributed by atoms with E-state index in [1.165, 1.54) is 12.8 Å². The first-order chi connectivity index (χ1) is 7.88. The fraction of sp³-hybridized carbons (Fsp3) is 1.00. The highest BCUT2D eigenvalue weighted by Gasteiger charge is 2.21. The highest BCUT2D eigenvalue weighted by Crippen LogP contribution is 2.10. The van der Waals surface area contributed by atoms with Crippen molar-refractivity contribution < 1.29 is 9.47 Å². The van der Waals surface area contributed by atoms with Gasteiger partial charge in [-0.25, -0.2) is 0 Å². The van der Waals surface area contributed by atoms with Crippen LogP contribution in [-0.4, -0.2) is 63.0 Å². The Hall–Kier alpha value is -0.160. The van der Waals surface area contributed by atoms with Crippen LogP contribution in [0, 0.1) is 0 Å². The van der Waals surface area contributed by atoms with Gasteiger partial charge in [-0.05, 0) is 25.9 Å². The molecular weight excluding hydrogens is 204 g/mol. The minimum Gasteiger partial charge on any atom is -0.374 e. The Morgan fingerprint density at radius 3 is 3.19 bits per heavy atom. The van der Waals surface area contributed by atoms with Crippen LogP contribution in [0.15, 0.2) is 0 Å². The summed E-state index contributed by atoms with van der Waals surface area (Å²) in [5, 5.41) is 3.37. The summed E-state index contributed by atoms with van der Waals surface area (Å²) in [4.78, 5) is 2.43. The van der Waals surface area contributed by atoms with Gasteiger partial charge in [0, 0.05) is 19.6 Å². The molecule has 16 heavy (non-hydrogen) atoms. The van der Waals surface area contributed by atoms with Crippen LogP contribution in [0.2, 0.25) is 0 Å². The summed E-state index contributed by atoms with van der Waals surface area (Å²) in [6.07, 6.45) is 3.10. The number of morpholine rings is 1. The van der Waals surface area contributed by atoms with E-state index in [2.05, 4.69) is 17.1 Å². The lowest BCUT2D eigenvalue weighted by molar-refractivity contribution is -0.0867. The fourth-order valence-corrected chi connectivity index (χ4v) is 2.37. The van der Waals surface area contributed by atoms with Crippen molar-refractivity contribution in [3.05, 3.63) is 0 Å². The Bertz CT molecular complexity index is 195. The van der Waals surface area contributed by atoms with Crippen molar-refractivity contribution in [1.29, 1.82) is 0 Å². The van der Waals surface area contributed by atoms with Gasteiger partial charge in [0.25, 0.3) is 0 Å². The molecule has 94 valence electrons. The second-order valence-electron chi connectivity index (χ2n) is 4.69. The average molecular weight is 228 g/mol. The maximum Gasteiger partial charge on any atom is 0.0935 e. The maximum atomic E-state index is 5.90. The SMILES string of the molecule is CCN1CCOC(COC2CCCNC2)C1. The van der Waals surface area contributed by atoms with Crippen molar-refractivity contribution in [1.82, 2.24) is 10.2 Å². The van der Waals surface area contributed by atoms with Crippen LogP contribution >= 0.6 is 0 Å². The molecule has 4 heteroatoms. The number of hydrogen-bond acceptors (Lipinski definition) is 4. The predicted molar refractivity (Wildman–Crippen MR) is 63.7 cm³/mol. The normalized spacial score (nSPS) is 32.8. The monoisotopic (exact) mass is 228 g/mol. The Balaban J connectivity index is 1.64. The zero-order valence-electron chi connectivity index (χ0n) is 10.3. The number of nitrogens with zero attached hydrogens (tertiary/aromatic N) is 1. The predicted octanol–water partition coefficient (Wildman–Crippen LogP) is 0.476. The van der Waals surface area contributed by atoms with Crippen LogP contribution in [0.5, 0.6) is 0 Å². The molecule has 0 bridgehead atoms. The molecule has 0 aromatic rings. The van der Waals surface area contributed by atoms with Crippen molar-refractivity contribution in [2.24, 2.45) is 0 Å². The molecule has 0 radical (unpaired) electrons. The van der Waals surface area contributed by atoms with Crippen molar-refractivity contribution in [2.75, 3.05) is 45.9 Å². The third-order valence-electron chi connectivity index (χ3n) is 3.44. The molecular formula is C12H24N2O2. The number of piperidine rings is 1. The van der Waals surface area contributed by atoms with E-state index in [1.807, 2.05) is 0 Å². The quantitative estimate of drug-likeness (QED) is 0.758. The lowest BCUT2D eigenvalue weighted by Crippen LogP contribution is -2.45. The van der Waals surface area contributed by atoms with Crippen LogP contribution in [-0.2, 0) is 9.47 Å². The van der Waals surface area contributed by atoms with Crippen molar-refractivity contribution >= 4 is 0 Å². The Morgan fingerprint density at radius 1 is 1.50 bits per heavy atom. The van der Waals surface area contributed by atoms with Gasteiger partial charge in [-0.15, -0.1) is 0 Å². The van der Waals surface area contributed by atoms with Crippen molar-refractivity contribution in [3.8, 4) is 0 Å². The zero-order chi connectivity index (χ0) is 11.2. The van der Waals surface area contributed by atoms with E-state index in [1.54, 1.807) is 0 Å². The standard InChI is InChI=1S/C12H24N2O2/c1-2-14-6-7-15-12(9-14)10-16-11-4-3-5-13-8-11/h11-13H,2-10H2,1H3. The third-order valence-corrected chi connectivity index (χ3v) is 3.44. The molecule has 1 N–H and O–H groups in total. The van der Waals surface area contributed by atoms with Gasteiger partial charge in [0.05, 0.1) is 25.4 Å². The first kappa shape index (κ1) is 12.3. The van der Waals surface area contributed by atoms with Crippen molar-refractivity contribution in [2.45, 2.75) is 32.0 Å². The second kappa shape index (κ2) is 6.55. The van der Waals surface area contributed by atoms with Gasteiger partial charge in [-0.2, -0.15) is 0 Å². The summed E-state index contributed by atoms with van der Waals surface area (Å²) in [5.74, 6) is 0. The molecule has 0 aromatic carbocycles. The first-order valence-corrected chi connectivity index (χ1v) is 6.54. The van der Waals surface area contributed by atoms with Gasteiger partial charge >= 0.3 is 0 Å². The highest BCUT2D eigenvalue weighted by atomic mass is 16.5. The number of likely N-dealkylation sites (N-methyl/N-ethyl adjacent to an activating group) is 1. The second-order valence-corrected chi connectivity index (χ2v) is 4.69. The molecule has 0 aromatic heterocycles. The smallest absolute Gasteiger partial charge is 0.0935 e. The molecule has 2 heterocycles. The zero-order valence-corrected chi connectivity index (χ0v) is 10.3. The lowest BCUT2D eigenvalue weighted by atomic mass is 10.1. The summed E-state index contributed by atoms with van der Waals surface area (Å²) < 4.78 is 11.6. The molecule has 2 aliphatic heterocycles. The first-order valence-electron chi connectivity index (χ1n) is 6.54. The van der Waals surface area contributed by atoms with E-state index < -0.39 is 0 Å². The molecule has 2 aliphatic rings. The number of hydrogen-bond donors (Lipinski definition) is 1. The molecule has 0 saturated carbocycles. The molecule has 0 spiro atoms. The molecule has 0 amide bonds. The Kier molecular flexibility index (Phi) is 5.03. The van der Waals surface area contributed by atoms with E-state index in [9.17, 15) is 0 Å². The van der Waals surface area contributed by atoms with Crippen LogP contribution < -0.4 is 5.32 Å². The summed E-state index contributed by atoms with van der Waals surface area (Å²) in [6.45, 7) is 9.16. The molecule has 2 unspecified atom stereocenters. The van der Waals surface area contributed by atoms with Gasteiger partial charge in [-0.1, -0.05) is 6.92 Å². The van der Waals surface area contributed by atoms with Crippen LogP contribution in [0.1, 0.15) is 19.8 Å². The number of nitrogens with one attached hydrogen (secondary N) is 1. The molecule has 2 saturated heterocycles. The van der Waals surface area contributed by atoms with Gasteiger partial charge in [0.15, 0.2) is 0 Å². The van der Waals surface area contributed by atoms with Gasteiger partial charge in [-0.3, -0.25) is 4.90 Å². The number of rotatable bonds is 4. The molecule has 2 rings (SSSR count). The van der Waals surface area contributed by atoms with Gasteiger partial charge in [0.1, 0.15) is 0 Å². The van der Waals surface area contributed by atoms with Gasteiger partial charge in [0.2, 0.25) is 0 Å². The lowest BCUT2D eigenvalue weighted by Gasteiger charge is -2.33. The average Bonchev–Trinajstić information content (AvgIpc) is 2.38. The fourth-order valence-electron chi connectivity index (χ4n) is 2.37. The maximum absolute atomic E-state index is 5.90. The molecule has 0 aliphatic carbocycles. The minimum absolute atomic E-state index is 0.274. The van der Waals surface area contributed by atoms with E-state index in [0.29, 0.717) is 6.10 Å². The van der Waals surface area contributed by atoms with Crippen molar-refractivity contribution in [3.63, 3.8) is 0 Å². The van der Waals surface area contributed by atoms with E-state index in [4.69, 9.17) is 9.47 Å². The van der Waals surface area contributed by atoms with Crippen LogP contribution in [0.25, 0.3) is 0 Å². The largest absolute Gasteiger partial charge is 0.374 e. The molecule has 2 fully saturated rings. The van der Waals surface area contributed by atoms with E-state index in [0.717, 1.165) is 45.9 Å². The van der Waals surface area contributed by atoms with Crippen LogP contribution in [0.4, 0.5) is 0 Å². The number of ether oxygens (including phenoxy) is 2. The molecule has 2 atom stereocenters. The summed E-state index contributed by atoms with van der Waals surface area (Å²) in [7, 11) is 0. The van der Waals surface area contributed by atoms with E-state index >= 15 is 0 Å². The highest BCUT2D eigenvalue weighted by molar-refractivity contribution is 4.73. The Morgan fingerprint density at radius 2 is 2.44 bits per heavy atom. The van der Waals surface area contributed by atoms with Gasteiger partial charge < -0.3 is 14.8 Å². The van der Waals surface area contributed by atoms with E-state index in [-0.39, 0.29) is 6.10 Å².